The number of hydrogen-bond donors (Lipinski definition) is 0. The maximum absolute atomic E-state index is 10.3. The molecule has 0 aromatic rings. The van der Waals surface area contributed by atoms with Gasteiger partial charge in [-0.25, -0.2) is 0 Å². The summed E-state index contributed by atoms with van der Waals surface area (Å²) in [6.45, 7) is 6.76. The highest BCUT2D eigenvalue weighted by Crippen LogP contribution is 2.34. The van der Waals surface area contributed by atoms with E-state index in [2.05, 4.69) is 20.8 Å². The molecule has 2 fully saturated rings. The third-order valence-electron chi connectivity index (χ3n) is 3.66. The Hall–Kier alpha value is -0.330. The standard InChI is InChI=1S/C7H14.C6H10O/c1-3-7-4-6(2)5-7;1-2-5-3-6(7)4-5/h6-7H,3-5H2,1-2H3;5H,2-4H2,1H3. The molecule has 1 nitrogen and oxygen atoms in total. The number of rotatable bonds is 2. The summed E-state index contributed by atoms with van der Waals surface area (Å²) in [5.74, 6) is 3.33. The molecule has 82 valence electrons. The summed E-state index contributed by atoms with van der Waals surface area (Å²) in [5, 5.41) is 0. The molecule has 2 aliphatic rings. The summed E-state index contributed by atoms with van der Waals surface area (Å²) in [6.07, 6.45) is 7.30. The summed E-state index contributed by atoms with van der Waals surface area (Å²) >= 11 is 0. The summed E-state index contributed by atoms with van der Waals surface area (Å²) in [4.78, 5) is 10.3. The van der Waals surface area contributed by atoms with Gasteiger partial charge in [-0.1, -0.05) is 33.6 Å². The van der Waals surface area contributed by atoms with Crippen LogP contribution in [0.4, 0.5) is 0 Å². The van der Waals surface area contributed by atoms with E-state index in [-0.39, 0.29) is 0 Å². The zero-order valence-corrected chi connectivity index (χ0v) is 9.88. The molecule has 2 rings (SSSR count). The van der Waals surface area contributed by atoms with E-state index < -0.39 is 0 Å². The van der Waals surface area contributed by atoms with Crippen molar-refractivity contribution in [1.29, 1.82) is 0 Å². The molecule has 14 heavy (non-hydrogen) atoms. The van der Waals surface area contributed by atoms with E-state index in [1.54, 1.807) is 0 Å². The minimum absolute atomic E-state index is 0.451. The van der Waals surface area contributed by atoms with Crippen LogP contribution in [-0.2, 0) is 4.79 Å². The lowest BCUT2D eigenvalue weighted by atomic mass is 9.75. The van der Waals surface area contributed by atoms with Gasteiger partial charge in [0.25, 0.3) is 0 Å². The Morgan fingerprint density at radius 2 is 1.57 bits per heavy atom. The summed E-state index contributed by atoms with van der Waals surface area (Å²) in [6, 6.07) is 0. The van der Waals surface area contributed by atoms with Crippen LogP contribution in [0.25, 0.3) is 0 Å². The van der Waals surface area contributed by atoms with Gasteiger partial charge in [0.15, 0.2) is 0 Å². The van der Waals surface area contributed by atoms with Crippen LogP contribution in [0, 0.1) is 17.8 Å². The van der Waals surface area contributed by atoms with Gasteiger partial charge in [-0.3, -0.25) is 4.79 Å². The molecule has 0 spiro atoms. The fourth-order valence-corrected chi connectivity index (χ4v) is 2.28. The fraction of sp³-hybridized carbons (Fsp3) is 0.923. The average Bonchev–Trinajstić information content (AvgIpc) is 2.08. The number of Topliss-reactive ketones (excluding diaryl/α,β-unsaturated/α-hetero) is 1. The van der Waals surface area contributed by atoms with Crippen molar-refractivity contribution in [3.63, 3.8) is 0 Å². The molecule has 0 aromatic heterocycles. The quantitative estimate of drug-likeness (QED) is 0.656. The van der Waals surface area contributed by atoms with Crippen LogP contribution in [0.1, 0.15) is 59.3 Å². The van der Waals surface area contributed by atoms with Gasteiger partial charge in [-0.05, 0) is 30.6 Å². The van der Waals surface area contributed by atoms with Gasteiger partial charge in [-0.15, -0.1) is 0 Å². The summed E-state index contributed by atoms with van der Waals surface area (Å²) in [5.41, 5.74) is 0. The first-order valence-corrected chi connectivity index (χ1v) is 6.17. The van der Waals surface area contributed by atoms with Crippen molar-refractivity contribution in [3.8, 4) is 0 Å². The van der Waals surface area contributed by atoms with E-state index in [4.69, 9.17) is 0 Å². The van der Waals surface area contributed by atoms with Gasteiger partial charge in [0, 0.05) is 12.8 Å². The third kappa shape index (κ3) is 3.43. The summed E-state index contributed by atoms with van der Waals surface area (Å²) in [7, 11) is 0. The Labute approximate surface area is 88.3 Å². The van der Waals surface area contributed by atoms with Crippen molar-refractivity contribution in [2.45, 2.75) is 59.3 Å². The van der Waals surface area contributed by atoms with E-state index in [0.717, 1.165) is 30.6 Å². The molecule has 0 unspecified atom stereocenters. The largest absolute Gasteiger partial charge is 0.300 e. The Morgan fingerprint density at radius 3 is 1.71 bits per heavy atom. The Bertz CT molecular complexity index is 172. The monoisotopic (exact) mass is 196 g/mol. The lowest BCUT2D eigenvalue weighted by molar-refractivity contribution is -0.126. The minimum atomic E-state index is 0.451. The Kier molecular flexibility index (Phi) is 4.64. The van der Waals surface area contributed by atoms with E-state index in [1.807, 2.05) is 0 Å². The lowest BCUT2D eigenvalue weighted by Gasteiger charge is -2.31. The van der Waals surface area contributed by atoms with Crippen molar-refractivity contribution in [1.82, 2.24) is 0 Å². The van der Waals surface area contributed by atoms with Crippen molar-refractivity contribution >= 4 is 5.78 Å². The highest BCUT2D eigenvalue weighted by atomic mass is 16.1. The molecular weight excluding hydrogens is 172 g/mol. The minimum Gasteiger partial charge on any atom is -0.300 e. The van der Waals surface area contributed by atoms with Crippen LogP contribution >= 0.6 is 0 Å². The van der Waals surface area contributed by atoms with Crippen molar-refractivity contribution in [2.75, 3.05) is 0 Å². The normalized spacial score (nSPS) is 31.2. The molecular formula is C13H24O. The first kappa shape index (κ1) is 11.7. The van der Waals surface area contributed by atoms with E-state index >= 15 is 0 Å². The van der Waals surface area contributed by atoms with Crippen LogP contribution in [0.15, 0.2) is 0 Å². The fourth-order valence-electron chi connectivity index (χ4n) is 2.28. The lowest BCUT2D eigenvalue weighted by Crippen LogP contribution is -2.21. The smallest absolute Gasteiger partial charge is 0.133 e. The van der Waals surface area contributed by atoms with Crippen LogP contribution < -0.4 is 0 Å². The predicted octanol–water partition coefficient (Wildman–Crippen LogP) is 3.82. The zero-order valence-electron chi connectivity index (χ0n) is 9.88. The predicted molar refractivity (Wildman–Crippen MR) is 60.2 cm³/mol. The van der Waals surface area contributed by atoms with Crippen LogP contribution in [0.5, 0.6) is 0 Å². The molecule has 1 heteroatoms. The first-order valence-electron chi connectivity index (χ1n) is 6.17. The van der Waals surface area contributed by atoms with Crippen molar-refractivity contribution in [2.24, 2.45) is 17.8 Å². The van der Waals surface area contributed by atoms with Gasteiger partial charge in [0.1, 0.15) is 5.78 Å². The molecule has 0 heterocycles. The molecule has 0 saturated heterocycles. The van der Waals surface area contributed by atoms with E-state index in [9.17, 15) is 4.79 Å². The van der Waals surface area contributed by atoms with Crippen LogP contribution in [0.3, 0.4) is 0 Å². The number of carbonyl (C=O) groups is 1. The highest BCUT2D eigenvalue weighted by molar-refractivity contribution is 5.84. The molecule has 0 atom stereocenters. The second-order valence-electron chi connectivity index (χ2n) is 5.07. The highest BCUT2D eigenvalue weighted by Gasteiger charge is 2.23. The van der Waals surface area contributed by atoms with Gasteiger partial charge in [-0.2, -0.15) is 0 Å². The first-order chi connectivity index (χ1) is 6.65. The molecule has 2 aliphatic carbocycles. The van der Waals surface area contributed by atoms with Crippen LogP contribution in [-0.4, -0.2) is 5.78 Å². The van der Waals surface area contributed by atoms with Crippen molar-refractivity contribution in [3.05, 3.63) is 0 Å². The average molecular weight is 196 g/mol. The van der Waals surface area contributed by atoms with Gasteiger partial charge < -0.3 is 0 Å². The van der Waals surface area contributed by atoms with E-state index in [1.165, 1.54) is 25.7 Å². The molecule has 0 aliphatic heterocycles. The molecule has 0 amide bonds. The second kappa shape index (κ2) is 5.53. The molecule has 2 saturated carbocycles. The molecule has 0 aromatic carbocycles. The third-order valence-corrected chi connectivity index (χ3v) is 3.66. The number of carbonyl (C=O) groups excluding carboxylic acids is 1. The van der Waals surface area contributed by atoms with Gasteiger partial charge >= 0.3 is 0 Å². The SMILES string of the molecule is CCC1CC(=O)C1.CCC1CC(C)C1. The topological polar surface area (TPSA) is 17.1 Å². The maximum Gasteiger partial charge on any atom is 0.133 e. The Balaban J connectivity index is 0.000000140. The van der Waals surface area contributed by atoms with Gasteiger partial charge in [0.05, 0.1) is 0 Å². The molecule has 0 radical (unpaired) electrons. The van der Waals surface area contributed by atoms with Crippen LogP contribution in [0.2, 0.25) is 0 Å². The van der Waals surface area contributed by atoms with E-state index in [0.29, 0.717) is 5.78 Å². The van der Waals surface area contributed by atoms with Crippen molar-refractivity contribution < 1.29 is 4.79 Å². The number of hydrogen-bond acceptors (Lipinski definition) is 1. The Morgan fingerprint density at radius 1 is 1.07 bits per heavy atom. The van der Waals surface area contributed by atoms with Gasteiger partial charge in [0.2, 0.25) is 0 Å². The zero-order chi connectivity index (χ0) is 10.6. The second-order valence-corrected chi connectivity index (χ2v) is 5.07. The molecule has 0 bridgehead atoms. The maximum atomic E-state index is 10.3. The number of ketones is 1. The molecule has 0 N–H and O–H groups in total. The summed E-state index contributed by atoms with van der Waals surface area (Å²) < 4.78 is 0.